The Morgan fingerprint density at radius 3 is 2.60 bits per heavy atom. The number of piperidine rings is 1. The summed E-state index contributed by atoms with van der Waals surface area (Å²) in [7, 11) is -3.45. The zero-order chi connectivity index (χ0) is 15.1. The van der Waals surface area contributed by atoms with Crippen molar-refractivity contribution in [2.45, 2.75) is 37.4 Å². The highest BCUT2D eigenvalue weighted by atomic mass is 32.2. The van der Waals surface area contributed by atoms with E-state index in [2.05, 4.69) is 13.8 Å². The molecule has 0 aromatic carbocycles. The maximum absolute atomic E-state index is 12.8. The van der Waals surface area contributed by atoms with Gasteiger partial charge in [-0.05, 0) is 37.3 Å². The average molecular weight is 333 g/mol. The van der Waals surface area contributed by atoms with Crippen LogP contribution in [0.5, 0.6) is 0 Å². The summed E-state index contributed by atoms with van der Waals surface area (Å²) in [6, 6.07) is 3.30. The highest BCUT2D eigenvalue weighted by molar-refractivity contribution is 7.91. The Morgan fingerprint density at radius 2 is 2.05 bits per heavy atom. The van der Waals surface area contributed by atoms with Gasteiger partial charge in [-0.15, -0.1) is 11.3 Å². The smallest absolute Gasteiger partial charge is 0.252 e. The lowest BCUT2D eigenvalue weighted by Crippen LogP contribution is -2.48. The van der Waals surface area contributed by atoms with E-state index in [9.17, 15) is 8.42 Å². The lowest BCUT2D eigenvalue weighted by atomic mass is 9.88. The number of nitrogens with zero attached hydrogens (tertiary/aromatic N) is 1. The topological polar surface area (TPSA) is 63.4 Å². The van der Waals surface area contributed by atoms with Gasteiger partial charge < -0.3 is 5.73 Å². The van der Waals surface area contributed by atoms with Crippen LogP contribution in [0.2, 0.25) is 0 Å². The maximum Gasteiger partial charge on any atom is 0.252 e. The first kappa shape index (κ1) is 15.9. The average Bonchev–Trinajstić information content (AvgIpc) is 2.83. The van der Waals surface area contributed by atoms with Crippen molar-refractivity contribution >= 4 is 38.6 Å². The molecule has 1 aliphatic heterocycles. The van der Waals surface area contributed by atoms with Gasteiger partial charge in [0, 0.05) is 12.6 Å². The quantitative estimate of drug-likeness (QED) is 0.864. The number of rotatable bonds is 3. The van der Waals surface area contributed by atoms with E-state index in [1.165, 1.54) is 0 Å². The van der Waals surface area contributed by atoms with Gasteiger partial charge in [-0.1, -0.05) is 26.1 Å². The first-order valence-electron chi connectivity index (χ1n) is 6.65. The minimum absolute atomic E-state index is 0.0200. The largest absolute Gasteiger partial charge is 0.389 e. The normalized spacial score (nSPS) is 28.4. The number of nitrogens with two attached hydrogens (primary N) is 1. The summed E-state index contributed by atoms with van der Waals surface area (Å²) in [5.41, 5.74) is 5.55. The fourth-order valence-electron chi connectivity index (χ4n) is 2.69. The van der Waals surface area contributed by atoms with Crippen LogP contribution in [0.4, 0.5) is 0 Å². The molecule has 0 spiro atoms. The summed E-state index contributed by atoms with van der Waals surface area (Å²) < 4.78 is 27.5. The summed E-state index contributed by atoms with van der Waals surface area (Å²) >= 11 is 6.05. The Bertz CT molecular complexity index is 609. The predicted molar refractivity (Wildman–Crippen MR) is 86.5 cm³/mol. The maximum atomic E-state index is 12.8. The molecule has 0 bridgehead atoms. The molecule has 112 valence electrons. The van der Waals surface area contributed by atoms with Gasteiger partial charge in [0.25, 0.3) is 10.0 Å². The zero-order valence-corrected chi connectivity index (χ0v) is 14.3. The number of thiophene rings is 1. The predicted octanol–water partition coefficient (Wildman–Crippen LogP) is 2.44. The van der Waals surface area contributed by atoms with Gasteiger partial charge in [0.2, 0.25) is 0 Å². The van der Waals surface area contributed by atoms with E-state index in [4.69, 9.17) is 18.0 Å². The lowest BCUT2D eigenvalue weighted by molar-refractivity contribution is 0.157. The van der Waals surface area contributed by atoms with Crippen LogP contribution in [0.25, 0.3) is 0 Å². The van der Waals surface area contributed by atoms with Crippen LogP contribution in [0.15, 0.2) is 16.3 Å². The van der Waals surface area contributed by atoms with Crippen LogP contribution in [0.3, 0.4) is 0 Å². The van der Waals surface area contributed by atoms with Crippen molar-refractivity contribution < 1.29 is 8.42 Å². The highest BCUT2D eigenvalue weighted by Crippen LogP contribution is 2.33. The molecule has 1 saturated heterocycles. The molecule has 7 heteroatoms. The Labute approximate surface area is 130 Å². The minimum Gasteiger partial charge on any atom is -0.389 e. The summed E-state index contributed by atoms with van der Waals surface area (Å²) in [6.45, 7) is 6.77. The molecule has 2 N–H and O–H groups in total. The van der Waals surface area contributed by atoms with Gasteiger partial charge in [-0.2, -0.15) is 4.31 Å². The highest BCUT2D eigenvalue weighted by Gasteiger charge is 2.37. The van der Waals surface area contributed by atoms with Crippen molar-refractivity contribution in [2.24, 2.45) is 17.6 Å². The molecular formula is C13H20N2O2S3. The molecule has 0 radical (unpaired) electrons. The lowest BCUT2D eigenvalue weighted by Gasteiger charge is -2.39. The Kier molecular flexibility index (Phi) is 4.53. The van der Waals surface area contributed by atoms with Gasteiger partial charge in [-0.3, -0.25) is 0 Å². The Morgan fingerprint density at radius 1 is 1.40 bits per heavy atom. The van der Waals surface area contributed by atoms with E-state index >= 15 is 0 Å². The van der Waals surface area contributed by atoms with Crippen molar-refractivity contribution in [2.75, 3.05) is 6.54 Å². The summed E-state index contributed by atoms with van der Waals surface area (Å²) in [5.74, 6) is 0.745. The molecule has 3 atom stereocenters. The van der Waals surface area contributed by atoms with E-state index in [1.807, 2.05) is 6.92 Å². The second kappa shape index (κ2) is 5.71. The molecule has 2 rings (SSSR count). The Balaban J connectivity index is 2.35. The van der Waals surface area contributed by atoms with E-state index < -0.39 is 10.0 Å². The molecule has 1 aromatic rings. The van der Waals surface area contributed by atoms with E-state index in [0.717, 1.165) is 17.8 Å². The fraction of sp³-hybridized carbons (Fsp3) is 0.615. The minimum atomic E-state index is -3.45. The fourth-order valence-corrected chi connectivity index (χ4v) is 6.02. The van der Waals surface area contributed by atoms with Crippen LogP contribution in [-0.2, 0) is 10.0 Å². The third-order valence-electron chi connectivity index (χ3n) is 3.93. The summed E-state index contributed by atoms with van der Waals surface area (Å²) in [4.78, 5) is 0.884. The monoisotopic (exact) mass is 332 g/mol. The third-order valence-corrected chi connectivity index (χ3v) is 7.82. The molecule has 1 aromatic heterocycles. The molecule has 3 unspecified atom stereocenters. The molecule has 2 heterocycles. The van der Waals surface area contributed by atoms with E-state index in [0.29, 0.717) is 27.5 Å². The van der Waals surface area contributed by atoms with Crippen LogP contribution in [0.1, 0.15) is 32.1 Å². The van der Waals surface area contributed by atoms with Gasteiger partial charge in [0.1, 0.15) is 9.20 Å². The van der Waals surface area contributed by atoms with Crippen molar-refractivity contribution in [3.63, 3.8) is 0 Å². The molecule has 1 aliphatic rings. The van der Waals surface area contributed by atoms with Crippen LogP contribution < -0.4 is 5.73 Å². The second-order valence-electron chi connectivity index (χ2n) is 5.62. The van der Waals surface area contributed by atoms with Crippen molar-refractivity contribution in [1.82, 2.24) is 4.31 Å². The second-order valence-corrected chi connectivity index (χ2v) is 9.26. The molecule has 0 aliphatic carbocycles. The number of thiocarbonyl (C=S) groups is 1. The standard InChI is InChI=1S/C13H20N2O2S3/c1-8-6-9(2)10(3)15(7-8)20(16,17)12-5-4-11(19-12)13(14)18/h4-5,8-10H,6-7H2,1-3H3,(H2,14,18). The molecule has 20 heavy (non-hydrogen) atoms. The van der Waals surface area contributed by atoms with E-state index in [1.54, 1.807) is 16.4 Å². The van der Waals surface area contributed by atoms with Crippen LogP contribution in [-0.4, -0.2) is 30.3 Å². The van der Waals surface area contributed by atoms with Crippen LogP contribution >= 0.6 is 23.6 Å². The van der Waals surface area contributed by atoms with Crippen molar-refractivity contribution in [1.29, 1.82) is 0 Å². The number of sulfonamides is 1. The van der Waals surface area contributed by atoms with E-state index in [-0.39, 0.29) is 11.0 Å². The van der Waals surface area contributed by atoms with Gasteiger partial charge in [-0.25, -0.2) is 8.42 Å². The van der Waals surface area contributed by atoms with Crippen LogP contribution in [0, 0.1) is 11.8 Å². The third kappa shape index (κ3) is 2.90. The summed E-state index contributed by atoms with van der Waals surface area (Å²) in [6.07, 6.45) is 1.07. The SMILES string of the molecule is CC1CC(C)C(C)N(S(=O)(=O)c2ccc(C(N)=S)s2)C1. The van der Waals surface area contributed by atoms with Gasteiger partial charge in [0.15, 0.2) is 0 Å². The summed E-state index contributed by atoms with van der Waals surface area (Å²) in [5, 5.41) is 0. The Hall–Kier alpha value is -0.500. The molecule has 0 saturated carbocycles. The van der Waals surface area contributed by atoms with Crippen molar-refractivity contribution in [3.05, 3.63) is 17.0 Å². The molecule has 4 nitrogen and oxygen atoms in total. The number of hydrogen-bond acceptors (Lipinski definition) is 4. The van der Waals surface area contributed by atoms with Gasteiger partial charge >= 0.3 is 0 Å². The first-order chi connectivity index (χ1) is 9.23. The van der Waals surface area contributed by atoms with Crippen molar-refractivity contribution in [3.8, 4) is 0 Å². The molecule has 1 fully saturated rings. The first-order valence-corrected chi connectivity index (χ1v) is 9.31. The molecular weight excluding hydrogens is 312 g/mol. The number of hydrogen-bond donors (Lipinski definition) is 1. The zero-order valence-electron chi connectivity index (χ0n) is 11.9. The molecule has 0 amide bonds. The van der Waals surface area contributed by atoms with Gasteiger partial charge in [0.05, 0.1) is 4.88 Å².